The molecule has 19 heavy (non-hydrogen) atoms. The van der Waals surface area contributed by atoms with Crippen molar-refractivity contribution in [2.75, 3.05) is 12.4 Å². The van der Waals surface area contributed by atoms with E-state index in [4.69, 9.17) is 16.2 Å². The first kappa shape index (κ1) is 13.7. The maximum atomic E-state index is 11.2. The second-order valence-electron chi connectivity index (χ2n) is 5.04. The number of nitrogens with one attached hydrogen (secondary N) is 1. The Morgan fingerprint density at radius 3 is 2.58 bits per heavy atom. The van der Waals surface area contributed by atoms with E-state index in [2.05, 4.69) is 5.32 Å². The molecule has 0 bridgehead atoms. The fourth-order valence-corrected chi connectivity index (χ4v) is 2.48. The van der Waals surface area contributed by atoms with Crippen LogP contribution in [0.15, 0.2) is 18.2 Å². The SMILES string of the molecule is COc1cc(NC2CCC(N)CC2)ccc1C(N)=O. The molecule has 1 aliphatic carbocycles. The first-order valence-electron chi connectivity index (χ1n) is 6.60. The zero-order valence-electron chi connectivity index (χ0n) is 11.2. The van der Waals surface area contributed by atoms with Gasteiger partial charge in [0.05, 0.1) is 12.7 Å². The smallest absolute Gasteiger partial charge is 0.252 e. The van der Waals surface area contributed by atoms with Crippen molar-refractivity contribution in [3.05, 3.63) is 23.8 Å². The number of rotatable bonds is 4. The van der Waals surface area contributed by atoms with Crippen molar-refractivity contribution < 1.29 is 9.53 Å². The van der Waals surface area contributed by atoms with Crippen LogP contribution in [0.3, 0.4) is 0 Å². The first-order chi connectivity index (χ1) is 9.10. The van der Waals surface area contributed by atoms with Crippen molar-refractivity contribution in [3.63, 3.8) is 0 Å². The predicted molar refractivity (Wildman–Crippen MR) is 75.4 cm³/mol. The van der Waals surface area contributed by atoms with Gasteiger partial charge in [-0.1, -0.05) is 0 Å². The van der Waals surface area contributed by atoms with E-state index in [-0.39, 0.29) is 0 Å². The van der Waals surface area contributed by atoms with Gasteiger partial charge >= 0.3 is 0 Å². The Morgan fingerprint density at radius 2 is 2.00 bits per heavy atom. The number of ether oxygens (including phenoxy) is 1. The van der Waals surface area contributed by atoms with Crippen LogP contribution < -0.4 is 21.5 Å². The van der Waals surface area contributed by atoms with Crippen LogP contribution >= 0.6 is 0 Å². The van der Waals surface area contributed by atoms with E-state index in [1.54, 1.807) is 6.07 Å². The van der Waals surface area contributed by atoms with Crippen LogP contribution in [0.1, 0.15) is 36.0 Å². The summed E-state index contributed by atoms with van der Waals surface area (Å²) in [4.78, 5) is 11.2. The third kappa shape index (κ3) is 3.38. The van der Waals surface area contributed by atoms with E-state index in [0.29, 0.717) is 23.4 Å². The number of primary amides is 1. The summed E-state index contributed by atoms with van der Waals surface area (Å²) in [6.45, 7) is 0. The molecular weight excluding hydrogens is 242 g/mol. The van der Waals surface area contributed by atoms with Gasteiger partial charge in [-0.05, 0) is 37.8 Å². The van der Waals surface area contributed by atoms with Gasteiger partial charge in [0.1, 0.15) is 5.75 Å². The third-order valence-electron chi connectivity index (χ3n) is 3.61. The number of benzene rings is 1. The zero-order valence-corrected chi connectivity index (χ0v) is 11.2. The summed E-state index contributed by atoms with van der Waals surface area (Å²) in [5.74, 6) is 0.0250. The fourth-order valence-electron chi connectivity index (χ4n) is 2.48. The summed E-state index contributed by atoms with van der Waals surface area (Å²) in [5, 5.41) is 3.45. The first-order valence-corrected chi connectivity index (χ1v) is 6.60. The molecule has 5 N–H and O–H groups in total. The molecule has 1 aliphatic rings. The maximum Gasteiger partial charge on any atom is 0.252 e. The highest BCUT2D eigenvalue weighted by Gasteiger charge is 2.18. The van der Waals surface area contributed by atoms with Gasteiger partial charge in [-0.2, -0.15) is 0 Å². The molecule has 0 aromatic heterocycles. The number of carbonyl (C=O) groups is 1. The lowest BCUT2D eigenvalue weighted by Gasteiger charge is -2.27. The van der Waals surface area contributed by atoms with Gasteiger partial charge in [0.2, 0.25) is 0 Å². The van der Waals surface area contributed by atoms with Gasteiger partial charge in [-0.3, -0.25) is 4.79 Å². The van der Waals surface area contributed by atoms with E-state index in [9.17, 15) is 4.79 Å². The van der Waals surface area contributed by atoms with Crippen molar-refractivity contribution in [1.29, 1.82) is 0 Å². The van der Waals surface area contributed by atoms with Gasteiger partial charge in [-0.25, -0.2) is 0 Å². The Bertz CT molecular complexity index is 454. The van der Waals surface area contributed by atoms with Crippen LogP contribution in [0.25, 0.3) is 0 Å². The molecule has 0 atom stereocenters. The van der Waals surface area contributed by atoms with E-state index in [1.807, 2.05) is 12.1 Å². The molecule has 1 saturated carbocycles. The molecule has 1 fully saturated rings. The lowest BCUT2D eigenvalue weighted by molar-refractivity contribution is 0.0997. The topological polar surface area (TPSA) is 90.4 Å². The van der Waals surface area contributed by atoms with Crippen LogP contribution in [0.4, 0.5) is 5.69 Å². The van der Waals surface area contributed by atoms with Crippen LogP contribution in [0.5, 0.6) is 5.75 Å². The molecule has 0 saturated heterocycles. The number of hydrogen-bond acceptors (Lipinski definition) is 4. The van der Waals surface area contributed by atoms with Gasteiger partial charge in [0.25, 0.3) is 5.91 Å². The minimum absolute atomic E-state index is 0.338. The number of hydrogen-bond donors (Lipinski definition) is 3. The van der Waals surface area contributed by atoms with Gasteiger partial charge in [0.15, 0.2) is 0 Å². The minimum atomic E-state index is -0.480. The Kier molecular flexibility index (Phi) is 4.27. The van der Waals surface area contributed by atoms with Gasteiger partial charge in [-0.15, -0.1) is 0 Å². The van der Waals surface area contributed by atoms with E-state index in [0.717, 1.165) is 31.4 Å². The summed E-state index contributed by atoms with van der Waals surface area (Å²) in [6.07, 6.45) is 4.24. The molecular formula is C14H21N3O2. The van der Waals surface area contributed by atoms with Crippen LogP contribution in [-0.4, -0.2) is 25.1 Å². The average molecular weight is 263 g/mol. The summed E-state index contributed by atoms with van der Waals surface area (Å²) in [6, 6.07) is 6.14. The Labute approximate surface area is 113 Å². The standard InChI is InChI=1S/C14H21N3O2/c1-19-13-8-11(6-7-12(13)14(16)18)17-10-4-2-9(15)3-5-10/h6-10,17H,2-5,15H2,1H3,(H2,16,18). The van der Waals surface area contributed by atoms with Crippen molar-refractivity contribution in [2.24, 2.45) is 11.5 Å². The highest BCUT2D eigenvalue weighted by molar-refractivity contribution is 5.96. The zero-order chi connectivity index (χ0) is 13.8. The molecule has 1 amide bonds. The molecule has 0 aliphatic heterocycles. The molecule has 0 spiro atoms. The van der Waals surface area contributed by atoms with Crippen LogP contribution in [-0.2, 0) is 0 Å². The lowest BCUT2D eigenvalue weighted by atomic mass is 9.91. The Hall–Kier alpha value is -1.75. The molecule has 5 nitrogen and oxygen atoms in total. The molecule has 0 radical (unpaired) electrons. The number of nitrogens with two attached hydrogens (primary N) is 2. The van der Waals surface area contributed by atoms with Crippen LogP contribution in [0, 0.1) is 0 Å². The maximum absolute atomic E-state index is 11.2. The van der Waals surface area contributed by atoms with E-state index in [1.165, 1.54) is 7.11 Å². The second kappa shape index (κ2) is 5.93. The molecule has 1 aromatic carbocycles. The number of anilines is 1. The fraction of sp³-hybridized carbons (Fsp3) is 0.500. The summed E-state index contributed by atoms with van der Waals surface area (Å²) < 4.78 is 5.19. The molecule has 0 unspecified atom stereocenters. The van der Waals surface area contributed by atoms with Crippen molar-refractivity contribution in [1.82, 2.24) is 0 Å². The quantitative estimate of drug-likeness (QED) is 0.767. The van der Waals surface area contributed by atoms with Crippen molar-refractivity contribution >= 4 is 11.6 Å². The van der Waals surface area contributed by atoms with Crippen molar-refractivity contribution in [2.45, 2.75) is 37.8 Å². The number of amides is 1. The minimum Gasteiger partial charge on any atom is -0.496 e. The largest absolute Gasteiger partial charge is 0.496 e. The monoisotopic (exact) mass is 263 g/mol. The molecule has 0 heterocycles. The summed E-state index contributed by atoms with van der Waals surface area (Å²) in [7, 11) is 1.53. The highest BCUT2D eigenvalue weighted by Crippen LogP contribution is 2.26. The Morgan fingerprint density at radius 1 is 1.32 bits per heavy atom. The average Bonchev–Trinajstić information content (AvgIpc) is 2.41. The highest BCUT2D eigenvalue weighted by atomic mass is 16.5. The number of methoxy groups -OCH3 is 1. The van der Waals surface area contributed by atoms with Crippen molar-refractivity contribution in [3.8, 4) is 5.75 Å². The molecule has 1 aromatic rings. The normalized spacial score (nSPS) is 22.8. The van der Waals surface area contributed by atoms with Crippen LogP contribution in [0.2, 0.25) is 0 Å². The summed E-state index contributed by atoms with van der Waals surface area (Å²) in [5.41, 5.74) is 12.5. The van der Waals surface area contributed by atoms with Gasteiger partial charge in [0, 0.05) is 23.8 Å². The Balaban J connectivity index is 2.07. The predicted octanol–water partition coefficient (Wildman–Crippen LogP) is 1.48. The van der Waals surface area contributed by atoms with E-state index < -0.39 is 5.91 Å². The molecule has 2 rings (SSSR count). The second-order valence-corrected chi connectivity index (χ2v) is 5.04. The molecule has 5 heteroatoms. The van der Waals surface area contributed by atoms with Gasteiger partial charge < -0.3 is 21.5 Å². The summed E-state index contributed by atoms with van der Waals surface area (Å²) >= 11 is 0. The lowest BCUT2D eigenvalue weighted by Crippen LogP contribution is -2.32. The third-order valence-corrected chi connectivity index (χ3v) is 3.61. The number of carbonyl (C=O) groups excluding carboxylic acids is 1. The van der Waals surface area contributed by atoms with E-state index >= 15 is 0 Å². The molecule has 104 valence electrons.